The molecule has 1 saturated carbocycles. The minimum absolute atomic E-state index is 0.00392. The molecular weight excluding hydrogens is 430 g/mol. The number of amides is 2. The average molecular weight is 450 g/mol. The van der Waals surface area contributed by atoms with Crippen molar-refractivity contribution >= 4 is 34.3 Å². The summed E-state index contributed by atoms with van der Waals surface area (Å²) in [5, 5.41) is 10.2. The third-order valence-electron chi connectivity index (χ3n) is 5.33. The van der Waals surface area contributed by atoms with Crippen molar-refractivity contribution < 1.29 is 13.6 Å². The number of nitrogens with two attached hydrogens (primary N) is 2. The normalized spacial score (nSPS) is 13.3. The van der Waals surface area contributed by atoms with E-state index in [0.717, 1.165) is 12.8 Å². The molecule has 0 radical (unpaired) electrons. The van der Waals surface area contributed by atoms with Crippen molar-refractivity contribution in [3.8, 4) is 11.5 Å². The largest absolute Gasteiger partial charge is 0.382 e. The molecule has 2 heterocycles. The monoisotopic (exact) mass is 450 g/mol. The number of urea groups is 1. The number of aromatic nitrogens is 4. The summed E-state index contributed by atoms with van der Waals surface area (Å²) in [5.74, 6) is -1.02. The van der Waals surface area contributed by atoms with Crippen molar-refractivity contribution in [1.29, 1.82) is 0 Å². The molecule has 11 heteroatoms. The molecule has 0 saturated heterocycles. The van der Waals surface area contributed by atoms with Gasteiger partial charge in [0, 0.05) is 17.0 Å². The summed E-state index contributed by atoms with van der Waals surface area (Å²) < 4.78 is 30.3. The number of benzene rings is 2. The number of nitrogen functional groups attached to an aromatic ring is 2. The lowest BCUT2D eigenvalue weighted by molar-refractivity contribution is 0.251. The van der Waals surface area contributed by atoms with Crippen molar-refractivity contribution in [2.24, 2.45) is 0 Å². The number of carbonyl (C=O) groups excluding carboxylic acids is 1. The first-order chi connectivity index (χ1) is 15.9. The first-order valence-corrected chi connectivity index (χ1v) is 10.3. The summed E-state index contributed by atoms with van der Waals surface area (Å²) in [6.45, 7) is -0.00392. The SMILES string of the molecule is Nc1nc(-c2nn(Cc3ccccc3F)c3c(F)cccc23)nc(N)c1NC(=O)NC1CC1. The van der Waals surface area contributed by atoms with E-state index in [1.165, 1.54) is 22.9 Å². The highest BCUT2D eigenvalue weighted by atomic mass is 19.1. The van der Waals surface area contributed by atoms with Crippen LogP contribution < -0.4 is 22.1 Å². The number of fused-ring (bicyclic) bond motifs is 1. The zero-order valence-corrected chi connectivity index (χ0v) is 17.3. The summed E-state index contributed by atoms with van der Waals surface area (Å²) in [6, 6.07) is 10.4. The van der Waals surface area contributed by atoms with Crippen LogP contribution in [0, 0.1) is 11.6 Å². The quantitative estimate of drug-likeness (QED) is 0.368. The van der Waals surface area contributed by atoms with E-state index >= 15 is 0 Å². The molecule has 1 aliphatic carbocycles. The molecule has 0 bridgehead atoms. The standard InChI is InChI=1S/C22H20F2N8O/c23-14-6-2-1-4-11(14)10-32-18-13(5-3-7-15(18)24)16(31-32)21-29-19(25)17(20(26)30-21)28-22(33)27-12-8-9-12/h1-7,12H,8-10H2,(H2,27,28,33)(H4,25,26,29,30). The fourth-order valence-electron chi connectivity index (χ4n) is 3.55. The number of nitrogens with one attached hydrogen (secondary N) is 2. The number of halogens is 2. The molecule has 4 aromatic rings. The molecule has 0 unspecified atom stereocenters. The Labute approximate surface area is 186 Å². The van der Waals surface area contributed by atoms with Crippen LogP contribution in [0.15, 0.2) is 42.5 Å². The van der Waals surface area contributed by atoms with Crippen LogP contribution in [-0.4, -0.2) is 31.8 Å². The topological polar surface area (TPSA) is 137 Å². The van der Waals surface area contributed by atoms with Gasteiger partial charge in [-0.25, -0.2) is 23.5 Å². The second-order valence-corrected chi connectivity index (χ2v) is 7.80. The van der Waals surface area contributed by atoms with Gasteiger partial charge in [0.25, 0.3) is 0 Å². The van der Waals surface area contributed by atoms with Gasteiger partial charge in [-0.3, -0.25) is 4.68 Å². The highest BCUT2D eigenvalue weighted by Gasteiger charge is 2.25. The van der Waals surface area contributed by atoms with Gasteiger partial charge in [0.05, 0.1) is 6.54 Å². The van der Waals surface area contributed by atoms with Crippen LogP contribution in [-0.2, 0) is 6.54 Å². The summed E-state index contributed by atoms with van der Waals surface area (Å²) in [7, 11) is 0. The molecule has 168 valence electrons. The minimum Gasteiger partial charge on any atom is -0.382 e. The lowest BCUT2D eigenvalue weighted by atomic mass is 10.2. The van der Waals surface area contributed by atoms with Gasteiger partial charge in [-0.2, -0.15) is 5.10 Å². The number of anilines is 3. The van der Waals surface area contributed by atoms with E-state index in [2.05, 4.69) is 25.7 Å². The van der Waals surface area contributed by atoms with E-state index in [1.54, 1.807) is 24.3 Å². The first-order valence-electron chi connectivity index (χ1n) is 10.3. The van der Waals surface area contributed by atoms with Gasteiger partial charge in [-0.1, -0.05) is 30.3 Å². The zero-order chi connectivity index (χ0) is 23.1. The fraction of sp³-hybridized carbons (Fsp3) is 0.182. The van der Waals surface area contributed by atoms with E-state index in [4.69, 9.17) is 11.5 Å². The van der Waals surface area contributed by atoms with Crippen molar-refractivity contribution in [2.75, 3.05) is 16.8 Å². The maximum atomic E-state index is 14.8. The Kier molecular flexibility index (Phi) is 5.00. The molecule has 2 aromatic heterocycles. The smallest absolute Gasteiger partial charge is 0.319 e. The Morgan fingerprint density at radius 3 is 2.42 bits per heavy atom. The Morgan fingerprint density at radius 1 is 1.03 bits per heavy atom. The van der Waals surface area contributed by atoms with E-state index in [9.17, 15) is 13.6 Å². The van der Waals surface area contributed by atoms with Crippen LogP contribution in [0.2, 0.25) is 0 Å². The number of para-hydroxylation sites is 1. The van der Waals surface area contributed by atoms with Crippen LogP contribution in [0.1, 0.15) is 18.4 Å². The van der Waals surface area contributed by atoms with E-state index < -0.39 is 17.7 Å². The van der Waals surface area contributed by atoms with Crippen molar-refractivity contribution in [3.05, 3.63) is 59.7 Å². The Bertz CT molecular complexity index is 1360. The van der Waals surface area contributed by atoms with Gasteiger partial charge in [0.2, 0.25) is 0 Å². The van der Waals surface area contributed by atoms with Crippen molar-refractivity contribution in [3.63, 3.8) is 0 Å². The molecule has 1 aliphatic rings. The predicted octanol–water partition coefficient (Wildman–Crippen LogP) is 3.27. The highest BCUT2D eigenvalue weighted by molar-refractivity contribution is 5.97. The molecule has 33 heavy (non-hydrogen) atoms. The summed E-state index contributed by atoms with van der Waals surface area (Å²) in [4.78, 5) is 20.5. The van der Waals surface area contributed by atoms with Crippen molar-refractivity contribution in [2.45, 2.75) is 25.4 Å². The Balaban J connectivity index is 1.55. The van der Waals surface area contributed by atoms with Crippen LogP contribution in [0.25, 0.3) is 22.4 Å². The number of hydrogen-bond acceptors (Lipinski definition) is 6. The molecule has 9 nitrogen and oxygen atoms in total. The van der Waals surface area contributed by atoms with Gasteiger partial charge in [-0.15, -0.1) is 0 Å². The Hall–Kier alpha value is -4.28. The summed E-state index contributed by atoms with van der Waals surface area (Å²) in [6.07, 6.45) is 1.85. The van der Waals surface area contributed by atoms with Gasteiger partial charge in [0.15, 0.2) is 17.5 Å². The fourth-order valence-corrected chi connectivity index (χ4v) is 3.55. The number of carbonyl (C=O) groups is 1. The molecular formula is C22H20F2N8O. The van der Waals surface area contributed by atoms with Crippen molar-refractivity contribution in [1.82, 2.24) is 25.1 Å². The Morgan fingerprint density at radius 2 is 1.73 bits per heavy atom. The van der Waals surface area contributed by atoms with Gasteiger partial charge < -0.3 is 22.1 Å². The summed E-state index contributed by atoms with van der Waals surface area (Å²) in [5.41, 5.74) is 12.9. The molecule has 2 aromatic carbocycles. The third kappa shape index (κ3) is 4.00. The molecule has 0 aliphatic heterocycles. The van der Waals surface area contributed by atoms with Crippen LogP contribution in [0.4, 0.5) is 30.9 Å². The lowest BCUT2D eigenvalue weighted by Gasteiger charge is -2.11. The molecule has 0 atom stereocenters. The zero-order valence-electron chi connectivity index (χ0n) is 17.3. The van der Waals surface area contributed by atoms with Crippen LogP contribution in [0.5, 0.6) is 0 Å². The summed E-state index contributed by atoms with van der Waals surface area (Å²) >= 11 is 0. The third-order valence-corrected chi connectivity index (χ3v) is 5.33. The van der Waals surface area contributed by atoms with Crippen LogP contribution in [0.3, 0.4) is 0 Å². The average Bonchev–Trinajstić information content (AvgIpc) is 3.51. The number of hydrogen-bond donors (Lipinski definition) is 4. The molecule has 6 N–H and O–H groups in total. The number of rotatable bonds is 5. The second-order valence-electron chi connectivity index (χ2n) is 7.80. The molecule has 2 amide bonds. The first kappa shape index (κ1) is 20.6. The van der Waals surface area contributed by atoms with Gasteiger partial charge in [0.1, 0.15) is 28.5 Å². The van der Waals surface area contributed by atoms with Gasteiger partial charge in [-0.05, 0) is 25.0 Å². The highest BCUT2D eigenvalue weighted by Crippen LogP contribution is 2.32. The maximum absolute atomic E-state index is 14.8. The lowest BCUT2D eigenvalue weighted by Crippen LogP contribution is -2.31. The maximum Gasteiger partial charge on any atom is 0.319 e. The molecule has 1 fully saturated rings. The van der Waals surface area contributed by atoms with E-state index in [-0.39, 0.29) is 46.9 Å². The minimum atomic E-state index is -0.529. The van der Waals surface area contributed by atoms with E-state index in [1.807, 2.05) is 0 Å². The van der Waals surface area contributed by atoms with Crippen LogP contribution >= 0.6 is 0 Å². The second kappa shape index (κ2) is 8.01. The molecule has 0 spiro atoms. The van der Waals surface area contributed by atoms with E-state index in [0.29, 0.717) is 10.9 Å². The predicted molar refractivity (Wildman–Crippen MR) is 120 cm³/mol. The van der Waals surface area contributed by atoms with Gasteiger partial charge >= 0.3 is 6.03 Å². The molecule has 5 rings (SSSR count). The number of nitrogens with zero attached hydrogens (tertiary/aromatic N) is 4.